The van der Waals surface area contributed by atoms with Crippen LogP contribution in [0.2, 0.25) is 0 Å². The maximum absolute atomic E-state index is 14.5. The van der Waals surface area contributed by atoms with Gasteiger partial charge in [0.15, 0.2) is 0 Å². The number of alkyl halides is 1. The fourth-order valence-electron chi connectivity index (χ4n) is 2.97. The monoisotopic (exact) mass is 358 g/mol. The summed E-state index contributed by atoms with van der Waals surface area (Å²) in [5.41, 5.74) is 2.22. The van der Waals surface area contributed by atoms with E-state index in [4.69, 9.17) is 0 Å². The summed E-state index contributed by atoms with van der Waals surface area (Å²) in [6.07, 6.45) is 2.04. The molecule has 0 nitrogen and oxygen atoms in total. The third-order valence-electron chi connectivity index (χ3n) is 4.38. The van der Waals surface area contributed by atoms with Gasteiger partial charge in [-0.1, -0.05) is 49.7 Å². The first-order valence-electron chi connectivity index (χ1n) is 8.46. The van der Waals surface area contributed by atoms with Crippen molar-refractivity contribution in [2.45, 2.75) is 26.4 Å². The Bertz CT molecular complexity index is 891. The van der Waals surface area contributed by atoms with Gasteiger partial charge < -0.3 is 0 Å². The molecule has 0 saturated heterocycles. The van der Waals surface area contributed by atoms with Crippen LogP contribution in [-0.2, 0) is 13.1 Å². The van der Waals surface area contributed by atoms with E-state index in [1.807, 2.05) is 24.3 Å². The van der Waals surface area contributed by atoms with E-state index in [2.05, 4.69) is 6.92 Å². The van der Waals surface area contributed by atoms with Crippen molar-refractivity contribution in [1.29, 1.82) is 0 Å². The fraction of sp³-hybridized carbons (Fsp3) is 0.182. The highest BCUT2D eigenvalue weighted by atomic mass is 19.1. The Morgan fingerprint density at radius 1 is 0.692 bits per heavy atom. The lowest BCUT2D eigenvalue weighted by atomic mass is 9.97. The highest BCUT2D eigenvalue weighted by Crippen LogP contribution is 2.30. The Balaban J connectivity index is 1.95. The van der Waals surface area contributed by atoms with Crippen molar-refractivity contribution in [2.75, 3.05) is 0 Å². The lowest BCUT2D eigenvalue weighted by Gasteiger charge is -2.09. The number of hydrogen-bond acceptors (Lipinski definition) is 0. The Kier molecular flexibility index (Phi) is 5.40. The molecule has 3 aromatic carbocycles. The first-order valence-corrected chi connectivity index (χ1v) is 8.46. The summed E-state index contributed by atoms with van der Waals surface area (Å²) in [6.45, 7) is 0.862. The molecule has 0 aliphatic rings. The van der Waals surface area contributed by atoms with Crippen LogP contribution in [0.1, 0.15) is 24.5 Å². The number of hydrogen-bond donors (Lipinski definition) is 0. The molecule has 0 amide bonds. The Morgan fingerprint density at radius 3 is 1.81 bits per heavy atom. The molecular formula is C22H18F4. The molecule has 0 radical (unpaired) electrons. The zero-order valence-corrected chi connectivity index (χ0v) is 14.3. The zero-order valence-electron chi connectivity index (χ0n) is 14.3. The second-order valence-corrected chi connectivity index (χ2v) is 6.19. The smallest absolute Gasteiger partial charge is 0.132 e. The van der Waals surface area contributed by atoms with Crippen molar-refractivity contribution < 1.29 is 17.6 Å². The lowest BCUT2D eigenvalue weighted by molar-refractivity contribution is 0.440. The van der Waals surface area contributed by atoms with Gasteiger partial charge in [0.05, 0.1) is 5.56 Å². The number of rotatable bonds is 5. The summed E-state index contributed by atoms with van der Waals surface area (Å²) in [6, 6.07) is 14.3. The lowest BCUT2D eigenvalue weighted by Crippen LogP contribution is -1.95. The van der Waals surface area contributed by atoms with Crippen LogP contribution < -0.4 is 0 Å². The van der Waals surface area contributed by atoms with E-state index in [0.29, 0.717) is 5.56 Å². The minimum Gasteiger partial charge on any atom is -0.246 e. The molecule has 0 aromatic heterocycles. The summed E-state index contributed by atoms with van der Waals surface area (Å²) < 4.78 is 54.7. The van der Waals surface area contributed by atoms with Crippen LogP contribution in [0.25, 0.3) is 22.3 Å². The maximum Gasteiger partial charge on any atom is 0.132 e. The van der Waals surface area contributed by atoms with Gasteiger partial charge in [-0.15, -0.1) is 0 Å². The highest BCUT2D eigenvalue weighted by Gasteiger charge is 2.14. The van der Waals surface area contributed by atoms with E-state index >= 15 is 0 Å². The normalized spacial score (nSPS) is 11.0. The van der Waals surface area contributed by atoms with Gasteiger partial charge in [0.25, 0.3) is 0 Å². The van der Waals surface area contributed by atoms with Gasteiger partial charge in [-0.3, -0.25) is 0 Å². The van der Waals surface area contributed by atoms with E-state index in [1.54, 1.807) is 6.07 Å². The minimum absolute atomic E-state index is 0.0412. The fourth-order valence-corrected chi connectivity index (χ4v) is 2.97. The van der Waals surface area contributed by atoms with Gasteiger partial charge >= 0.3 is 0 Å². The molecule has 0 saturated carbocycles. The Hall–Kier alpha value is -2.62. The van der Waals surface area contributed by atoms with Crippen molar-refractivity contribution in [3.63, 3.8) is 0 Å². The maximum atomic E-state index is 14.5. The first kappa shape index (κ1) is 18.2. The average molecular weight is 358 g/mol. The Morgan fingerprint density at radius 2 is 1.27 bits per heavy atom. The van der Waals surface area contributed by atoms with E-state index in [0.717, 1.165) is 30.5 Å². The van der Waals surface area contributed by atoms with E-state index < -0.39 is 29.7 Å². The quantitative estimate of drug-likeness (QED) is 0.437. The van der Waals surface area contributed by atoms with Gasteiger partial charge in [-0.2, -0.15) is 0 Å². The average Bonchev–Trinajstić information content (AvgIpc) is 2.62. The summed E-state index contributed by atoms with van der Waals surface area (Å²) in [5.74, 6) is -2.62. The van der Waals surface area contributed by atoms with Crippen LogP contribution in [0.4, 0.5) is 17.6 Å². The van der Waals surface area contributed by atoms with Crippen molar-refractivity contribution in [2.24, 2.45) is 0 Å². The predicted octanol–water partition coefficient (Wildman–Crippen LogP) is 6.86. The largest absolute Gasteiger partial charge is 0.246 e. The molecule has 0 spiro atoms. The van der Waals surface area contributed by atoms with Crippen molar-refractivity contribution >= 4 is 0 Å². The number of halogens is 4. The van der Waals surface area contributed by atoms with Crippen molar-refractivity contribution in [1.82, 2.24) is 0 Å². The van der Waals surface area contributed by atoms with Crippen LogP contribution in [0.3, 0.4) is 0 Å². The second kappa shape index (κ2) is 7.73. The van der Waals surface area contributed by atoms with Crippen LogP contribution in [0.5, 0.6) is 0 Å². The molecule has 0 heterocycles. The molecule has 0 aliphatic carbocycles. The topological polar surface area (TPSA) is 0 Å². The standard InChI is InChI=1S/C22H18F4/c1-2-3-14-4-6-15(7-5-14)16-8-9-18(20(24)10-16)17-11-21(25)19(13-23)22(26)12-17/h4-12H,2-3,13H2,1H3. The summed E-state index contributed by atoms with van der Waals surface area (Å²) in [5, 5.41) is 0. The highest BCUT2D eigenvalue weighted by molar-refractivity contribution is 5.71. The second-order valence-electron chi connectivity index (χ2n) is 6.19. The van der Waals surface area contributed by atoms with Gasteiger partial charge in [-0.25, -0.2) is 17.6 Å². The summed E-state index contributed by atoms with van der Waals surface area (Å²) >= 11 is 0. The van der Waals surface area contributed by atoms with E-state index in [-0.39, 0.29) is 11.1 Å². The molecule has 4 heteroatoms. The van der Waals surface area contributed by atoms with Crippen molar-refractivity contribution in [3.8, 4) is 22.3 Å². The van der Waals surface area contributed by atoms with Crippen LogP contribution in [0, 0.1) is 17.5 Å². The molecule has 0 fully saturated rings. The molecule has 0 unspecified atom stereocenters. The minimum atomic E-state index is -1.24. The molecule has 0 bridgehead atoms. The number of benzene rings is 3. The van der Waals surface area contributed by atoms with E-state index in [1.165, 1.54) is 17.7 Å². The molecule has 3 aromatic rings. The van der Waals surface area contributed by atoms with E-state index in [9.17, 15) is 17.6 Å². The molecule has 26 heavy (non-hydrogen) atoms. The van der Waals surface area contributed by atoms with Crippen LogP contribution >= 0.6 is 0 Å². The van der Waals surface area contributed by atoms with Gasteiger partial charge in [0.1, 0.15) is 24.1 Å². The number of aryl methyl sites for hydroxylation is 1. The molecular weight excluding hydrogens is 340 g/mol. The summed E-state index contributed by atoms with van der Waals surface area (Å²) in [4.78, 5) is 0. The molecule has 3 rings (SSSR count). The Labute approximate surface area is 150 Å². The van der Waals surface area contributed by atoms with Gasteiger partial charge in [0.2, 0.25) is 0 Å². The van der Waals surface area contributed by atoms with Crippen molar-refractivity contribution in [3.05, 3.63) is 83.2 Å². The zero-order chi connectivity index (χ0) is 18.7. The molecule has 0 atom stereocenters. The van der Waals surface area contributed by atoms with Gasteiger partial charge in [0, 0.05) is 5.56 Å². The molecule has 0 aliphatic heterocycles. The first-order chi connectivity index (χ1) is 12.5. The predicted molar refractivity (Wildman–Crippen MR) is 96.0 cm³/mol. The van der Waals surface area contributed by atoms with Gasteiger partial charge in [-0.05, 0) is 46.9 Å². The third kappa shape index (κ3) is 3.64. The summed E-state index contributed by atoms with van der Waals surface area (Å²) in [7, 11) is 0. The van der Waals surface area contributed by atoms with Crippen LogP contribution in [0.15, 0.2) is 54.6 Å². The van der Waals surface area contributed by atoms with Crippen LogP contribution in [-0.4, -0.2) is 0 Å². The third-order valence-corrected chi connectivity index (χ3v) is 4.38. The SMILES string of the molecule is CCCc1ccc(-c2ccc(-c3cc(F)c(CF)c(F)c3)c(F)c2)cc1. The molecule has 134 valence electrons. The molecule has 0 N–H and O–H groups in total.